The van der Waals surface area contributed by atoms with Crippen molar-refractivity contribution < 1.29 is 4.79 Å². The summed E-state index contributed by atoms with van der Waals surface area (Å²) in [5.41, 5.74) is 1.98. The first-order valence-electron chi connectivity index (χ1n) is 5.98. The van der Waals surface area contributed by atoms with E-state index in [0.717, 1.165) is 12.1 Å². The quantitative estimate of drug-likeness (QED) is 0.928. The summed E-state index contributed by atoms with van der Waals surface area (Å²) in [6.45, 7) is 5.83. The van der Waals surface area contributed by atoms with E-state index in [1.807, 2.05) is 20.8 Å². The summed E-state index contributed by atoms with van der Waals surface area (Å²) < 4.78 is 1.73. The number of hydrogen-bond donors (Lipinski definition) is 1. The average molecular weight is 266 g/mol. The number of rotatable bonds is 3. The maximum Gasteiger partial charge on any atom is 0.270 e. The van der Waals surface area contributed by atoms with Gasteiger partial charge in [-0.2, -0.15) is 0 Å². The van der Waals surface area contributed by atoms with Gasteiger partial charge in [0.05, 0.1) is 10.7 Å². The number of halogens is 1. The molecule has 18 heavy (non-hydrogen) atoms. The first kappa shape index (κ1) is 12.9. The van der Waals surface area contributed by atoms with Crippen LogP contribution in [0.2, 0.25) is 5.02 Å². The third-order valence-electron chi connectivity index (χ3n) is 2.96. The summed E-state index contributed by atoms with van der Waals surface area (Å²) in [6, 6.07) is 3.70. The van der Waals surface area contributed by atoms with Gasteiger partial charge in [-0.15, -0.1) is 0 Å². The molecule has 1 N–H and O–H groups in total. The van der Waals surface area contributed by atoms with Gasteiger partial charge in [-0.1, -0.05) is 18.5 Å². The first-order chi connectivity index (χ1) is 8.52. The van der Waals surface area contributed by atoms with Crippen LogP contribution in [0, 0.1) is 6.92 Å². The fourth-order valence-corrected chi connectivity index (χ4v) is 1.96. The molecule has 0 aliphatic heterocycles. The second kappa shape index (κ2) is 4.98. The SMILES string of the molecule is CCC(C)NC(=O)c1c(C)nc2ccc(Cl)cn12. The highest BCUT2D eigenvalue weighted by Gasteiger charge is 2.17. The Hall–Kier alpha value is -1.55. The predicted molar refractivity (Wildman–Crippen MR) is 72.2 cm³/mol. The van der Waals surface area contributed by atoms with Crippen LogP contribution in [-0.4, -0.2) is 21.3 Å². The minimum absolute atomic E-state index is 0.114. The average Bonchev–Trinajstić information content (AvgIpc) is 2.64. The zero-order valence-corrected chi connectivity index (χ0v) is 11.5. The van der Waals surface area contributed by atoms with Crippen molar-refractivity contribution in [2.45, 2.75) is 33.2 Å². The first-order valence-corrected chi connectivity index (χ1v) is 6.35. The van der Waals surface area contributed by atoms with Crippen molar-refractivity contribution in [1.82, 2.24) is 14.7 Å². The molecule has 4 nitrogen and oxygen atoms in total. The molecule has 1 unspecified atom stereocenters. The lowest BCUT2D eigenvalue weighted by atomic mass is 10.2. The van der Waals surface area contributed by atoms with Crippen LogP contribution >= 0.6 is 11.6 Å². The molecule has 2 aromatic rings. The lowest BCUT2D eigenvalue weighted by molar-refractivity contribution is 0.0932. The molecule has 2 rings (SSSR count). The molecule has 0 aromatic carbocycles. The highest BCUT2D eigenvalue weighted by atomic mass is 35.5. The molecular formula is C13H16ClN3O. The third kappa shape index (κ3) is 2.34. The van der Waals surface area contributed by atoms with Crippen LogP contribution < -0.4 is 5.32 Å². The summed E-state index contributed by atoms with van der Waals surface area (Å²) in [4.78, 5) is 16.6. The van der Waals surface area contributed by atoms with Crippen LogP contribution in [0.1, 0.15) is 36.5 Å². The number of nitrogens with one attached hydrogen (secondary N) is 1. The molecular weight excluding hydrogens is 250 g/mol. The lowest BCUT2D eigenvalue weighted by Crippen LogP contribution is -2.33. The van der Waals surface area contributed by atoms with E-state index in [4.69, 9.17) is 11.6 Å². The van der Waals surface area contributed by atoms with Gasteiger partial charge in [0.15, 0.2) is 0 Å². The summed E-state index contributed by atoms with van der Waals surface area (Å²) in [5.74, 6) is -0.114. The van der Waals surface area contributed by atoms with Crippen LogP contribution in [0.15, 0.2) is 18.3 Å². The molecule has 0 bridgehead atoms. The number of amides is 1. The molecule has 1 amide bonds. The minimum Gasteiger partial charge on any atom is -0.348 e. The van der Waals surface area contributed by atoms with Crippen molar-refractivity contribution in [3.63, 3.8) is 0 Å². The minimum atomic E-state index is -0.114. The van der Waals surface area contributed by atoms with E-state index in [-0.39, 0.29) is 11.9 Å². The number of hydrogen-bond acceptors (Lipinski definition) is 2. The van der Waals surface area contributed by atoms with Crippen LogP contribution in [0.5, 0.6) is 0 Å². The smallest absolute Gasteiger partial charge is 0.270 e. The van der Waals surface area contributed by atoms with E-state index in [0.29, 0.717) is 16.4 Å². The van der Waals surface area contributed by atoms with Crippen molar-refractivity contribution in [1.29, 1.82) is 0 Å². The molecule has 0 fully saturated rings. The normalized spacial score (nSPS) is 12.7. The molecule has 2 heterocycles. The van der Waals surface area contributed by atoms with Gasteiger partial charge in [0.2, 0.25) is 0 Å². The molecule has 1 atom stereocenters. The van der Waals surface area contributed by atoms with Crippen molar-refractivity contribution >= 4 is 23.2 Å². The number of imidazole rings is 1. The van der Waals surface area contributed by atoms with Crippen molar-refractivity contribution in [2.24, 2.45) is 0 Å². The molecule has 0 spiro atoms. The van der Waals surface area contributed by atoms with Crippen LogP contribution in [0.3, 0.4) is 0 Å². The Morgan fingerprint density at radius 1 is 1.56 bits per heavy atom. The van der Waals surface area contributed by atoms with Gasteiger partial charge in [0.1, 0.15) is 11.3 Å². The predicted octanol–water partition coefficient (Wildman–Crippen LogP) is 2.82. The Morgan fingerprint density at radius 2 is 2.28 bits per heavy atom. The van der Waals surface area contributed by atoms with Gasteiger partial charge < -0.3 is 5.32 Å². The zero-order valence-electron chi connectivity index (χ0n) is 10.7. The van der Waals surface area contributed by atoms with Crippen molar-refractivity contribution in [3.8, 4) is 0 Å². The Balaban J connectivity index is 2.46. The highest BCUT2D eigenvalue weighted by Crippen LogP contribution is 2.16. The standard InChI is InChI=1S/C13H16ClN3O/c1-4-8(2)15-13(18)12-9(3)16-11-6-5-10(14)7-17(11)12/h5-8H,4H2,1-3H3,(H,15,18). The Bertz CT molecular complexity index is 591. The number of aromatic nitrogens is 2. The van der Waals surface area contributed by atoms with Gasteiger partial charge >= 0.3 is 0 Å². The molecule has 2 aromatic heterocycles. The van der Waals surface area contributed by atoms with Gasteiger partial charge in [0, 0.05) is 12.2 Å². The van der Waals surface area contributed by atoms with Gasteiger partial charge in [-0.25, -0.2) is 4.98 Å². The molecule has 0 saturated carbocycles. The van der Waals surface area contributed by atoms with E-state index in [9.17, 15) is 4.79 Å². The van der Waals surface area contributed by atoms with Gasteiger partial charge in [-0.3, -0.25) is 9.20 Å². The molecule has 0 saturated heterocycles. The van der Waals surface area contributed by atoms with Crippen molar-refractivity contribution in [2.75, 3.05) is 0 Å². The van der Waals surface area contributed by atoms with E-state index in [2.05, 4.69) is 10.3 Å². The molecule has 0 aliphatic carbocycles. The van der Waals surface area contributed by atoms with Crippen LogP contribution in [-0.2, 0) is 0 Å². The Kier molecular flexibility index (Phi) is 3.57. The number of nitrogens with zero attached hydrogens (tertiary/aromatic N) is 2. The zero-order chi connectivity index (χ0) is 13.3. The number of carbonyl (C=O) groups excluding carboxylic acids is 1. The monoisotopic (exact) mass is 265 g/mol. The lowest BCUT2D eigenvalue weighted by Gasteiger charge is -2.11. The summed E-state index contributed by atoms with van der Waals surface area (Å²) in [7, 11) is 0. The second-order valence-electron chi connectivity index (χ2n) is 4.40. The fourth-order valence-electron chi connectivity index (χ4n) is 1.80. The van der Waals surface area contributed by atoms with Crippen LogP contribution in [0.4, 0.5) is 0 Å². The maximum absolute atomic E-state index is 12.2. The summed E-state index contributed by atoms with van der Waals surface area (Å²) in [5, 5.41) is 3.52. The number of pyridine rings is 1. The number of fused-ring (bicyclic) bond motifs is 1. The van der Waals surface area contributed by atoms with E-state index >= 15 is 0 Å². The Labute approximate surface area is 111 Å². The highest BCUT2D eigenvalue weighted by molar-refractivity contribution is 6.30. The maximum atomic E-state index is 12.2. The van der Waals surface area contributed by atoms with Gasteiger partial charge in [-0.05, 0) is 32.4 Å². The number of carbonyl (C=O) groups is 1. The topological polar surface area (TPSA) is 46.4 Å². The second-order valence-corrected chi connectivity index (χ2v) is 4.84. The Morgan fingerprint density at radius 3 is 2.94 bits per heavy atom. The molecule has 0 aliphatic rings. The van der Waals surface area contributed by atoms with Crippen LogP contribution in [0.25, 0.3) is 5.65 Å². The molecule has 5 heteroatoms. The van der Waals surface area contributed by atoms with Crippen molar-refractivity contribution in [3.05, 3.63) is 34.7 Å². The van der Waals surface area contributed by atoms with E-state index in [1.54, 1.807) is 22.7 Å². The largest absolute Gasteiger partial charge is 0.348 e. The molecule has 96 valence electrons. The van der Waals surface area contributed by atoms with Gasteiger partial charge in [0.25, 0.3) is 5.91 Å². The third-order valence-corrected chi connectivity index (χ3v) is 3.19. The summed E-state index contributed by atoms with van der Waals surface area (Å²) >= 11 is 5.96. The molecule has 0 radical (unpaired) electrons. The van der Waals surface area contributed by atoms with E-state index in [1.165, 1.54) is 0 Å². The van der Waals surface area contributed by atoms with E-state index < -0.39 is 0 Å². The summed E-state index contributed by atoms with van der Waals surface area (Å²) in [6.07, 6.45) is 2.60. The fraction of sp³-hybridized carbons (Fsp3) is 0.385. The number of aryl methyl sites for hydroxylation is 1.